The Morgan fingerprint density at radius 2 is 1.53 bits per heavy atom. The molecule has 0 saturated carbocycles. The van der Waals surface area contributed by atoms with Gasteiger partial charge < -0.3 is 10.2 Å². The molecule has 2 aliphatic rings. The zero-order chi connectivity index (χ0) is 24.5. The Morgan fingerprint density at radius 3 is 2.00 bits per heavy atom. The van der Waals surface area contributed by atoms with Gasteiger partial charge in [-0.05, 0) is 58.1 Å². The van der Waals surface area contributed by atoms with Crippen LogP contribution in [-0.4, -0.2) is 39.7 Å². The maximum Gasteiger partial charge on any atom is 0.162 e. The molecule has 0 amide bonds. The molecule has 1 heterocycles. The predicted molar refractivity (Wildman–Crippen MR) is 141 cm³/mol. The van der Waals surface area contributed by atoms with Crippen LogP contribution in [0.25, 0.3) is 0 Å². The maximum absolute atomic E-state index is 10.8. The van der Waals surface area contributed by atoms with Crippen molar-refractivity contribution in [2.24, 2.45) is 17.3 Å². The highest BCUT2D eigenvalue weighted by atomic mass is 32.2. The van der Waals surface area contributed by atoms with E-state index in [1.807, 2.05) is 17.8 Å². The molecule has 1 atom stereocenters. The van der Waals surface area contributed by atoms with Gasteiger partial charge in [0, 0.05) is 36.7 Å². The van der Waals surface area contributed by atoms with Crippen LogP contribution in [0.3, 0.4) is 0 Å². The van der Waals surface area contributed by atoms with Crippen molar-refractivity contribution in [3.05, 3.63) is 22.8 Å². The van der Waals surface area contributed by atoms with Gasteiger partial charge in [0.25, 0.3) is 0 Å². The molecule has 32 heavy (non-hydrogen) atoms. The number of thioether (sulfide) groups is 1. The van der Waals surface area contributed by atoms with E-state index in [-0.39, 0.29) is 27.7 Å². The molecule has 1 aromatic carbocycles. The van der Waals surface area contributed by atoms with Gasteiger partial charge in [-0.15, -0.1) is 0 Å². The number of rotatable bonds is 4. The highest BCUT2D eigenvalue weighted by Gasteiger charge is 2.48. The molecular weight excluding hydrogens is 414 g/mol. The Morgan fingerprint density at radius 1 is 1.00 bits per heavy atom. The van der Waals surface area contributed by atoms with Gasteiger partial charge in [0.05, 0.1) is 0 Å². The van der Waals surface area contributed by atoms with E-state index in [1.165, 1.54) is 11.1 Å². The van der Waals surface area contributed by atoms with E-state index in [0.717, 1.165) is 61.4 Å². The quantitative estimate of drug-likeness (QED) is 0.459. The first-order valence-corrected chi connectivity index (χ1v) is 13.6. The highest BCUT2D eigenvalue weighted by molar-refractivity contribution is 7.99. The first kappa shape index (κ1) is 27.4. The molecule has 3 rings (SSSR count). The topological polar surface area (TPSA) is 43.7 Å². The van der Waals surface area contributed by atoms with Crippen LogP contribution in [0.1, 0.15) is 98.8 Å². The molecule has 0 radical (unpaired) electrons. The number of fused-ring (bicyclic) bond motifs is 1. The molecule has 4 heteroatoms. The fourth-order valence-electron chi connectivity index (χ4n) is 5.55. The summed E-state index contributed by atoms with van der Waals surface area (Å²) < 4.78 is 0. The van der Waals surface area contributed by atoms with Crippen molar-refractivity contribution in [1.82, 2.24) is 4.90 Å². The van der Waals surface area contributed by atoms with Crippen LogP contribution in [0.15, 0.2) is 6.07 Å². The van der Waals surface area contributed by atoms with E-state index in [1.54, 1.807) is 0 Å². The molecular formula is C28H49NO2S. The minimum atomic E-state index is 0.00696. The van der Waals surface area contributed by atoms with E-state index in [4.69, 9.17) is 0 Å². The Kier molecular flexibility index (Phi) is 8.70. The number of benzene rings is 1. The number of phenols is 2. The summed E-state index contributed by atoms with van der Waals surface area (Å²) >= 11 is 2.00. The number of phenolic OH excluding ortho intramolecular Hbond substituents is 2. The molecule has 1 aliphatic heterocycles. The molecule has 1 aliphatic carbocycles. The summed E-state index contributed by atoms with van der Waals surface area (Å²) in [5.41, 5.74) is 3.71. The molecule has 0 aromatic heterocycles. The average Bonchev–Trinajstić information content (AvgIpc) is 2.83. The normalized spacial score (nSPS) is 23.2. The van der Waals surface area contributed by atoms with Crippen molar-refractivity contribution >= 4 is 11.8 Å². The summed E-state index contributed by atoms with van der Waals surface area (Å²) in [4.78, 5) is 2.42. The highest BCUT2D eigenvalue weighted by Crippen LogP contribution is 2.57. The van der Waals surface area contributed by atoms with Crippen molar-refractivity contribution in [2.75, 3.05) is 24.6 Å². The number of hydrogen-bond donors (Lipinski definition) is 2. The van der Waals surface area contributed by atoms with Crippen molar-refractivity contribution in [2.45, 2.75) is 99.5 Å². The Labute approximate surface area is 202 Å². The second-order valence-electron chi connectivity index (χ2n) is 12.9. The minimum Gasteiger partial charge on any atom is -0.504 e. The third-order valence-corrected chi connectivity index (χ3v) is 8.23. The monoisotopic (exact) mass is 463 g/mol. The summed E-state index contributed by atoms with van der Waals surface area (Å²) in [6.07, 6.45) is 2.13. The predicted octanol–water partition coefficient (Wildman–Crippen LogP) is 7.32. The maximum atomic E-state index is 10.8. The minimum absolute atomic E-state index is 0.00696. The second kappa shape index (κ2) is 10.2. The van der Waals surface area contributed by atoms with Crippen LogP contribution in [0, 0.1) is 17.3 Å². The summed E-state index contributed by atoms with van der Waals surface area (Å²) in [5, 5.41) is 21.3. The third kappa shape index (κ3) is 6.59. The lowest BCUT2D eigenvalue weighted by molar-refractivity contribution is 0.239. The van der Waals surface area contributed by atoms with Crippen LogP contribution in [0.4, 0.5) is 0 Å². The molecule has 3 nitrogen and oxygen atoms in total. The molecule has 1 fully saturated rings. The smallest absolute Gasteiger partial charge is 0.162 e. The SMILES string of the molecule is CC(C)(C)CC1(C)CC(C)(C)c2cc(O)c(O)c(CN3CCSCC3)c21.CC(C)C(C)C. The van der Waals surface area contributed by atoms with Gasteiger partial charge >= 0.3 is 0 Å². The van der Waals surface area contributed by atoms with Crippen LogP contribution in [0.2, 0.25) is 0 Å². The average molecular weight is 464 g/mol. The zero-order valence-electron chi connectivity index (χ0n) is 22.4. The van der Waals surface area contributed by atoms with Gasteiger partial charge in [0.2, 0.25) is 0 Å². The second-order valence-corrected chi connectivity index (χ2v) is 14.1. The van der Waals surface area contributed by atoms with Gasteiger partial charge in [-0.25, -0.2) is 0 Å². The van der Waals surface area contributed by atoms with Gasteiger partial charge in [-0.2, -0.15) is 11.8 Å². The van der Waals surface area contributed by atoms with Gasteiger partial charge in [-0.1, -0.05) is 69.2 Å². The fourth-order valence-corrected chi connectivity index (χ4v) is 6.53. The van der Waals surface area contributed by atoms with Crippen molar-refractivity contribution in [1.29, 1.82) is 0 Å². The largest absolute Gasteiger partial charge is 0.504 e. The molecule has 1 unspecified atom stereocenters. The van der Waals surface area contributed by atoms with E-state index < -0.39 is 0 Å². The molecule has 0 bridgehead atoms. The van der Waals surface area contributed by atoms with Crippen molar-refractivity contribution < 1.29 is 10.2 Å². The third-order valence-electron chi connectivity index (χ3n) is 7.28. The standard InChI is InChI=1S/C22H35NO2S.C6H14/c1-20(2,3)13-22(6)14-21(4,5)16-11-17(24)19(25)15(18(16)22)12-23-7-9-26-10-8-23;1-5(2)6(3)4/h11,24-25H,7-10,12-14H2,1-6H3;5-6H,1-4H3. The number of hydrogen-bond acceptors (Lipinski definition) is 4. The van der Waals surface area contributed by atoms with Crippen LogP contribution < -0.4 is 0 Å². The van der Waals surface area contributed by atoms with Gasteiger partial charge in [0.1, 0.15) is 0 Å². The Hall–Kier alpha value is -0.870. The summed E-state index contributed by atoms with van der Waals surface area (Å²) in [6, 6.07) is 1.83. The van der Waals surface area contributed by atoms with Gasteiger partial charge in [-0.3, -0.25) is 4.90 Å². The number of aromatic hydroxyl groups is 2. The Bertz CT molecular complexity index is 767. The molecule has 0 spiro atoms. The van der Waals surface area contributed by atoms with E-state index in [2.05, 4.69) is 74.1 Å². The van der Waals surface area contributed by atoms with Gasteiger partial charge in [0.15, 0.2) is 11.5 Å². The summed E-state index contributed by atoms with van der Waals surface area (Å²) in [6.45, 7) is 25.6. The van der Waals surface area contributed by atoms with Crippen LogP contribution in [0.5, 0.6) is 11.5 Å². The first-order chi connectivity index (χ1) is 14.6. The Balaban J connectivity index is 0.000000534. The summed E-state index contributed by atoms with van der Waals surface area (Å²) in [7, 11) is 0. The lowest BCUT2D eigenvalue weighted by Gasteiger charge is -2.36. The molecule has 1 saturated heterocycles. The summed E-state index contributed by atoms with van der Waals surface area (Å²) in [5.74, 6) is 4.13. The van der Waals surface area contributed by atoms with Crippen molar-refractivity contribution in [3.8, 4) is 11.5 Å². The molecule has 1 aromatic rings. The van der Waals surface area contributed by atoms with E-state index in [0.29, 0.717) is 0 Å². The van der Waals surface area contributed by atoms with Crippen molar-refractivity contribution in [3.63, 3.8) is 0 Å². The lowest BCUT2D eigenvalue weighted by Crippen LogP contribution is -2.34. The molecule has 184 valence electrons. The lowest BCUT2D eigenvalue weighted by atomic mass is 9.69. The fraction of sp³-hybridized carbons (Fsp3) is 0.786. The molecule has 2 N–H and O–H groups in total. The van der Waals surface area contributed by atoms with E-state index >= 15 is 0 Å². The van der Waals surface area contributed by atoms with Crippen LogP contribution >= 0.6 is 11.8 Å². The van der Waals surface area contributed by atoms with E-state index in [9.17, 15) is 10.2 Å². The number of nitrogens with zero attached hydrogens (tertiary/aromatic N) is 1. The zero-order valence-corrected chi connectivity index (χ0v) is 23.2. The first-order valence-electron chi connectivity index (χ1n) is 12.5. The van der Waals surface area contributed by atoms with Crippen LogP contribution in [-0.2, 0) is 17.4 Å².